The van der Waals surface area contributed by atoms with Crippen molar-refractivity contribution in [1.29, 1.82) is 0 Å². The summed E-state index contributed by atoms with van der Waals surface area (Å²) in [6.07, 6.45) is 4.14. The molecular weight excluding hydrogens is 338 g/mol. The molecule has 1 aliphatic rings. The van der Waals surface area contributed by atoms with E-state index in [2.05, 4.69) is 20.8 Å². The summed E-state index contributed by atoms with van der Waals surface area (Å²) >= 11 is 0. The van der Waals surface area contributed by atoms with Crippen LogP contribution in [0, 0.1) is 5.92 Å². The molecule has 0 spiro atoms. The van der Waals surface area contributed by atoms with Crippen LogP contribution in [0.1, 0.15) is 16.9 Å². The lowest BCUT2D eigenvalue weighted by molar-refractivity contribution is -0.126. The normalized spacial score (nSPS) is 16.3. The van der Waals surface area contributed by atoms with Crippen molar-refractivity contribution in [2.45, 2.75) is 6.42 Å². The zero-order valence-electron chi connectivity index (χ0n) is 14.0. The SMILES string of the molecule is COc1ccccc1N1CC(C(=O)NNC(=O)c2cnccn2)CC1=O. The number of benzene rings is 1. The Morgan fingerprint density at radius 1 is 1.23 bits per heavy atom. The molecule has 2 heterocycles. The first-order valence-electron chi connectivity index (χ1n) is 7.89. The molecule has 134 valence electrons. The van der Waals surface area contributed by atoms with Gasteiger partial charge in [0.05, 0.1) is 24.9 Å². The highest BCUT2D eigenvalue weighted by Gasteiger charge is 2.36. The topological polar surface area (TPSA) is 114 Å². The van der Waals surface area contributed by atoms with E-state index in [9.17, 15) is 14.4 Å². The molecule has 0 radical (unpaired) electrons. The van der Waals surface area contributed by atoms with Crippen LogP contribution in [0.25, 0.3) is 0 Å². The number of nitrogens with zero attached hydrogens (tertiary/aromatic N) is 3. The maximum atomic E-state index is 12.3. The molecule has 0 saturated carbocycles. The van der Waals surface area contributed by atoms with Gasteiger partial charge in [-0.2, -0.15) is 0 Å². The minimum Gasteiger partial charge on any atom is -0.495 e. The van der Waals surface area contributed by atoms with Crippen LogP contribution in [0.15, 0.2) is 42.9 Å². The fraction of sp³-hybridized carbons (Fsp3) is 0.235. The van der Waals surface area contributed by atoms with Crippen LogP contribution in [0.4, 0.5) is 5.69 Å². The van der Waals surface area contributed by atoms with Crippen molar-refractivity contribution in [3.63, 3.8) is 0 Å². The van der Waals surface area contributed by atoms with Crippen LogP contribution in [-0.4, -0.2) is 41.3 Å². The Kier molecular flexibility index (Phi) is 5.07. The molecule has 0 aliphatic carbocycles. The molecule has 3 rings (SSSR count). The smallest absolute Gasteiger partial charge is 0.289 e. The molecule has 1 atom stereocenters. The number of ether oxygens (including phenoxy) is 1. The number of hydrogen-bond acceptors (Lipinski definition) is 6. The van der Waals surface area contributed by atoms with Gasteiger partial charge in [0.1, 0.15) is 11.4 Å². The maximum Gasteiger partial charge on any atom is 0.289 e. The molecule has 1 fully saturated rings. The Balaban J connectivity index is 1.61. The fourth-order valence-corrected chi connectivity index (χ4v) is 2.67. The number of carbonyl (C=O) groups excluding carboxylic acids is 3. The lowest BCUT2D eigenvalue weighted by atomic mass is 10.1. The second kappa shape index (κ2) is 7.60. The molecular formula is C17H17N5O4. The van der Waals surface area contributed by atoms with Gasteiger partial charge in [-0.1, -0.05) is 12.1 Å². The van der Waals surface area contributed by atoms with Gasteiger partial charge < -0.3 is 9.64 Å². The standard InChI is InChI=1S/C17H17N5O4/c1-26-14-5-3-2-4-13(14)22-10-11(8-15(22)23)16(24)20-21-17(25)12-9-18-6-7-19-12/h2-7,9,11H,8,10H2,1H3,(H,20,24)(H,21,25). The van der Waals surface area contributed by atoms with E-state index in [1.165, 1.54) is 30.6 Å². The zero-order valence-corrected chi connectivity index (χ0v) is 14.0. The number of nitrogens with one attached hydrogen (secondary N) is 2. The summed E-state index contributed by atoms with van der Waals surface area (Å²) in [6.45, 7) is 0.200. The van der Waals surface area contributed by atoms with Crippen molar-refractivity contribution in [2.75, 3.05) is 18.6 Å². The molecule has 26 heavy (non-hydrogen) atoms. The second-order valence-electron chi connectivity index (χ2n) is 5.61. The van der Waals surface area contributed by atoms with Crippen molar-refractivity contribution in [1.82, 2.24) is 20.8 Å². The summed E-state index contributed by atoms with van der Waals surface area (Å²) < 4.78 is 5.27. The molecule has 0 bridgehead atoms. The second-order valence-corrected chi connectivity index (χ2v) is 5.61. The Hall–Kier alpha value is -3.49. The summed E-state index contributed by atoms with van der Waals surface area (Å²) in [7, 11) is 1.52. The molecule has 1 unspecified atom stereocenters. The number of carbonyl (C=O) groups is 3. The van der Waals surface area contributed by atoms with Crippen molar-refractivity contribution in [3.05, 3.63) is 48.5 Å². The van der Waals surface area contributed by atoms with Gasteiger partial charge in [-0.05, 0) is 12.1 Å². The molecule has 2 aromatic rings. The molecule has 9 nitrogen and oxygen atoms in total. The number of amides is 3. The van der Waals surface area contributed by atoms with Crippen LogP contribution in [-0.2, 0) is 9.59 Å². The van der Waals surface area contributed by atoms with E-state index in [0.717, 1.165) is 0 Å². The van der Waals surface area contributed by atoms with Crippen molar-refractivity contribution in [2.24, 2.45) is 5.92 Å². The summed E-state index contributed by atoms with van der Waals surface area (Å²) in [4.78, 5) is 45.6. The molecule has 9 heteroatoms. The first-order valence-corrected chi connectivity index (χ1v) is 7.89. The minimum atomic E-state index is -0.588. The van der Waals surface area contributed by atoms with Gasteiger partial charge in [0, 0.05) is 25.4 Å². The maximum absolute atomic E-state index is 12.3. The molecule has 1 aliphatic heterocycles. The predicted octanol–water partition coefficient (Wildman–Crippen LogP) is 0.299. The van der Waals surface area contributed by atoms with Crippen molar-refractivity contribution >= 4 is 23.4 Å². The number of para-hydroxylation sites is 2. The van der Waals surface area contributed by atoms with E-state index >= 15 is 0 Å². The van der Waals surface area contributed by atoms with Gasteiger partial charge in [-0.25, -0.2) is 4.98 Å². The minimum absolute atomic E-state index is 0.0465. The van der Waals surface area contributed by atoms with Crippen LogP contribution < -0.4 is 20.5 Å². The highest BCUT2D eigenvalue weighted by molar-refractivity contribution is 6.01. The van der Waals surface area contributed by atoms with E-state index in [4.69, 9.17) is 4.74 Å². The Morgan fingerprint density at radius 3 is 2.77 bits per heavy atom. The van der Waals surface area contributed by atoms with Gasteiger partial charge in [-0.15, -0.1) is 0 Å². The fourth-order valence-electron chi connectivity index (χ4n) is 2.67. The zero-order chi connectivity index (χ0) is 18.5. The largest absolute Gasteiger partial charge is 0.495 e. The quantitative estimate of drug-likeness (QED) is 0.763. The highest BCUT2D eigenvalue weighted by Crippen LogP contribution is 2.32. The third-order valence-corrected chi connectivity index (χ3v) is 3.97. The molecule has 1 saturated heterocycles. The van der Waals surface area contributed by atoms with Crippen LogP contribution in [0.3, 0.4) is 0 Å². The van der Waals surface area contributed by atoms with Gasteiger partial charge in [-0.3, -0.25) is 30.2 Å². The number of rotatable bonds is 4. The lowest BCUT2D eigenvalue weighted by Gasteiger charge is -2.19. The molecule has 2 N–H and O–H groups in total. The van der Waals surface area contributed by atoms with E-state index in [0.29, 0.717) is 11.4 Å². The number of anilines is 1. The van der Waals surface area contributed by atoms with Crippen LogP contribution >= 0.6 is 0 Å². The monoisotopic (exact) mass is 355 g/mol. The average Bonchev–Trinajstić information content (AvgIpc) is 3.08. The number of methoxy groups -OCH3 is 1. The first kappa shape index (κ1) is 17.3. The van der Waals surface area contributed by atoms with Gasteiger partial charge >= 0.3 is 0 Å². The molecule has 1 aromatic carbocycles. The van der Waals surface area contributed by atoms with E-state index < -0.39 is 17.7 Å². The van der Waals surface area contributed by atoms with Gasteiger partial charge in [0.25, 0.3) is 5.91 Å². The Labute approximate surface area is 149 Å². The van der Waals surface area contributed by atoms with Gasteiger partial charge in [0.15, 0.2) is 0 Å². The Bertz CT molecular complexity index is 827. The van der Waals surface area contributed by atoms with Crippen molar-refractivity contribution < 1.29 is 19.1 Å². The lowest BCUT2D eigenvalue weighted by Crippen LogP contribution is -2.45. The van der Waals surface area contributed by atoms with Crippen LogP contribution in [0.5, 0.6) is 5.75 Å². The predicted molar refractivity (Wildman–Crippen MR) is 91.1 cm³/mol. The van der Waals surface area contributed by atoms with Gasteiger partial charge in [0.2, 0.25) is 11.8 Å². The average molecular weight is 355 g/mol. The molecule has 1 aromatic heterocycles. The number of hydrogen-bond donors (Lipinski definition) is 2. The highest BCUT2D eigenvalue weighted by atomic mass is 16.5. The molecule has 3 amide bonds. The summed E-state index contributed by atoms with van der Waals surface area (Å²) in [5, 5.41) is 0. The summed E-state index contributed by atoms with van der Waals surface area (Å²) in [5.41, 5.74) is 5.28. The third-order valence-electron chi connectivity index (χ3n) is 3.97. The van der Waals surface area contributed by atoms with E-state index in [-0.39, 0.29) is 24.6 Å². The van der Waals surface area contributed by atoms with E-state index in [1.807, 2.05) is 0 Å². The van der Waals surface area contributed by atoms with Crippen LogP contribution in [0.2, 0.25) is 0 Å². The summed E-state index contributed by atoms with van der Waals surface area (Å²) in [6, 6.07) is 7.10. The first-order chi connectivity index (χ1) is 12.6. The van der Waals surface area contributed by atoms with E-state index in [1.54, 1.807) is 24.3 Å². The summed E-state index contributed by atoms with van der Waals surface area (Å²) in [5.74, 6) is -1.26. The van der Waals surface area contributed by atoms with Crippen molar-refractivity contribution in [3.8, 4) is 5.75 Å². The Morgan fingerprint density at radius 2 is 2.04 bits per heavy atom. The third kappa shape index (κ3) is 3.61. The number of hydrazine groups is 1. The number of aromatic nitrogens is 2.